The molecule has 0 saturated carbocycles. The number of hydrogen-bond acceptors (Lipinski definition) is 4. The minimum Gasteiger partial charge on any atom is -0.368 e. The van der Waals surface area contributed by atoms with Crippen molar-refractivity contribution in [2.75, 3.05) is 45.2 Å². The van der Waals surface area contributed by atoms with Gasteiger partial charge < -0.3 is 9.80 Å². The Morgan fingerprint density at radius 2 is 1.63 bits per heavy atom. The number of nitriles is 1. The average molecular weight is 366 g/mol. The molecule has 1 saturated heterocycles. The molecule has 0 spiro atoms. The van der Waals surface area contributed by atoms with Crippen LogP contribution in [0.4, 0.5) is 10.1 Å². The Kier molecular flexibility index (Phi) is 5.72. The molecule has 0 aromatic heterocycles. The number of likely N-dealkylation sites (N-methyl/N-ethyl adjacent to an activating group) is 1. The van der Waals surface area contributed by atoms with Crippen LogP contribution in [0, 0.1) is 17.1 Å². The Morgan fingerprint density at radius 3 is 2.15 bits per heavy atom. The van der Waals surface area contributed by atoms with E-state index in [1.165, 1.54) is 12.1 Å². The van der Waals surface area contributed by atoms with E-state index in [9.17, 15) is 9.18 Å². The minimum atomic E-state index is -0.424. The summed E-state index contributed by atoms with van der Waals surface area (Å²) >= 11 is 0. The molecule has 2 aromatic carbocycles. The fraction of sp³-hybridized carbons (Fsp3) is 0.333. The lowest BCUT2D eigenvalue weighted by Gasteiger charge is -2.38. The average Bonchev–Trinajstić information content (AvgIpc) is 2.69. The predicted octanol–water partition coefficient (Wildman–Crippen LogP) is 2.65. The summed E-state index contributed by atoms with van der Waals surface area (Å²) in [5.74, 6) is -0.272. The highest BCUT2D eigenvalue weighted by Gasteiger charge is 2.30. The van der Waals surface area contributed by atoms with Crippen LogP contribution in [-0.2, 0) is 4.79 Å². The van der Waals surface area contributed by atoms with Gasteiger partial charge in [-0.15, -0.1) is 0 Å². The zero-order valence-corrected chi connectivity index (χ0v) is 15.6. The second kappa shape index (κ2) is 8.19. The van der Waals surface area contributed by atoms with Crippen molar-refractivity contribution < 1.29 is 9.18 Å². The van der Waals surface area contributed by atoms with E-state index in [1.807, 2.05) is 48.2 Å². The van der Waals surface area contributed by atoms with Gasteiger partial charge in [-0.25, -0.2) is 4.39 Å². The van der Waals surface area contributed by atoms with Gasteiger partial charge in [-0.1, -0.05) is 12.1 Å². The fourth-order valence-electron chi connectivity index (χ4n) is 3.41. The molecule has 140 valence electrons. The van der Waals surface area contributed by atoms with Crippen LogP contribution in [0.1, 0.15) is 17.2 Å². The number of carbonyl (C=O) groups excluding carboxylic acids is 1. The Hall–Kier alpha value is -2.91. The quantitative estimate of drug-likeness (QED) is 0.835. The van der Waals surface area contributed by atoms with Gasteiger partial charge in [0.2, 0.25) is 5.91 Å². The molecule has 1 heterocycles. The van der Waals surface area contributed by atoms with Crippen LogP contribution in [0.15, 0.2) is 48.5 Å². The first kappa shape index (κ1) is 18.9. The predicted molar refractivity (Wildman–Crippen MR) is 103 cm³/mol. The lowest BCUT2D eigenvalue weighted by molar-refractivity contribution is -0.136. The van der Waals surface area contributed by atoms with Crippen molar-refractivity contribution >= 4 is 11.6 Å². The van der Waals surface area contributed by atoms with Crippen molar-refractivity contribution in [3.05, 3.63) is 65.5 Å². The molecule has 6 heteroatoms. The molecule has 0 N–H and O–H groups in total. The third-order valence-electron chi connectivity index (χ3n) is 4.89. The zero-order valence-electron chi connectivity index (χ0n) is 15.6. The van der Waals surface area contributed by atoms with Gasteiger partial charge in [0.25, 0.3) is 0 Å². The van der Waals surface area contributed by atoms with Crippen molar-refractivity contribution in [3.8, 4) is 6.07 Å². The van der Waals surface area contributed by atoms with Crippen LogP contribution < -0.4 is 4.90 Å². The van der Waals surface area contributed by atoms with E-state index in [0.29, 0.717) is 18.7 Å². The van der Waals surface area contributed by atoms with Gasteiger partial charge in [0.05, 0.1) is 11.6 Å². The van der Waals surface area contributed by atoms with Gasteiger partial charge in [-0.3, -0.25) is 9.69 Å². The molecule has 0 radical (unpaired) electrons. The van der Waals surface area contributed by atoms with Crippen molar-refractivity contribution in [2.45, 2.75) is 6.04 Å². The summed E-state index contributed by atoms with van der Waals surface area (Å²) in [5.41, 5.74) is 2.49. The number of amides is 1. The Bertz CT molecular complexity index is 819. The van der Waals surface area contributed by atoms with E-state index in [1.54, 1.807) is 12.1 Å². The minimum absolute atomic E-state index is 0.0334. The first-order valence-corrected chi connectivity index (χ1v) is 8.95. The number of carbonyl (C=O) groups is 1. The maximum atomic E-state index is 13.2. The molecule has 1 aliphatic heterocycles. The molecule has 1 atom stereocenters. The summed E-state index contributed by atoms with van der Waals surface area (Å²) < 4.78 is 13.2. The highest BCUT2D eigenvalue weighted by molar-refractivity contribution is 5.83. The standard InChI is InChI=1S/C21H23FN4O/c1-24(2)20(17-5-7-18(22)8-6-17)21(27)26-13-11-25(12-14-26)19-9-3-16(15-23)4-10-19/h3-10,20H,11-14H2,1-2H3/t20-/m1/s1. The molecule has 0 bridgehead atoms. The van der Waals surface area contributed by atoms with Crippen LogP contribution in [-0.4, -0.2) is 56.0 Å². The zero-order chi connectivity index (χ0) is 19.4. The molecule has 1 aliphatic rings. The monoisotopic (exact) mass is 366 g/mol. The topological polar surface area (TPSA) is 50.6 Å². The van der Waals surface area contributed by atoms with Crippen molar-refractivity contribution in [2.24, 2.45) is 0 Å². The number of rotatable bonds is 4. The molecular formula is C21H23FN4O. The fourth-order valence-corrected chi connectivity index (χ4v) is 3.41. The molecular weight excluding hydrogens is 343 g/mol. The molecule has 3 rings (SSSR count). The molecule has 0 aliphatic carbocycles. The SMILES string of the molecule is CN(C)[C@@H](C(=O)N1CCN(c2ccc(C#N)cc2)CC1)c1ccc(F)cc1. The largest absolute Gasteiger partial charge is 0.368 e. The summed E-state index contributed by atoms with van der Waals surface area (Å²) in [7, 11) is 3.72. The highest BCUT2D eigenvalue weighted by atomic mass is 19.1. The Labute approximate surface area is 159 Å². The second-order valence-electron chi connectivity index (χ2n) is 6.89. The number of halogens is 1. The third-order valence-corrected chi connectivity index (χ3v) is 4.89. The van der Waals surface area contributed by atoms with Gasteiger partial charge in [-0.05, 0) is 56.1 Å². The molecule has 27 heavy (non-hydrogen) atoms. The van der Waals surface area contributed by atoms with Crippen molar-refractivity contribution in [1.29, 1.82) is 5.26 Å². The lowest BCUT2D eigenvalue weighted by Crippen LogP contribution is -2.51. The Balaban J connectivity index is 1.67. The number of hydrogen-bond donors (Lipinski definition) is 0. The van der Waals surface area contributed by atoms with E-state index in [0.717, 1.165) is 24.3 Å². The van der Waals surface area contributed by atoms with Crippen LogP contribution in [0.5, 0.6) is 0 Å². The van der Waals surface area contributed by atoms with E-state index in [2.05, 4.69) is 11.0 Å². The highest BCUT2D eigenvalue weighted by Crippen LogP contribution is 2.23. The van der Waals surface area contributed by atoms with Gasteiger partial charge in [0, 0.05) is 31.9 Å². The molecule has 1 fully saturated rings. The number of nitrogens with zero attached hydrogens (tertiary/aromatic N) is 4. The van der Waals surface area contributed by atoms with Crippen LogP contribution in [0.3, 0.4) is 0 Å². The van der Waals surface area contributed by atoms with E-state index in [4.69, 9.17) is 5.26 Å². The maximum absolute atomic E-state index is 13.2. The number of piperazine rings is 1. The van der Waals surface area contributed by atoms with Crippen LogP contribution in [0.2, 0.25) is 0 Å². The first-order chi connectivity index (χ1) is 13.0. The van der Waals surface area contributed by atoms with E-state index >= 15 is 0 Å². The third kappa shape index (κ3) is 4.26. The second-order valence-corrected chi connectivity index (χ2v) is 6.89. The number of anilines is 1. The first-order valence-electron chi connectivity index (χ1n) is 8.95. The van der Waals surface area contributed by atoms with Gasteiger partial charge in [-0.2, -0.15) is 5.26 Å². The van der Waals surface area contributed by atoms with E-state index < -0.39 is 6.04 Å². The van der Waals surface area contributed by atoms with Crippen LogP contribution in [0.25, 0.3) is 0 Å². The summed E-state index contributed by atoms with van der Waals surface area (Å²) in [4.78, 5) is 19.0. The summed E-state index contributed by atoms with van der Waals surface area (Å²) in [6.45, 7) is 2.73. The van der Waals surface area contributed by atoms with Gasteiger partial charge in [0.1, 0.15) is 11.9 Å². The molecule has 2 aromatic rings. The van der Waals surface area contributed by atoms with Gasteiger partial charge in [0.15, 0.2) is 0 Å². The number of benzene rings is 2. The van der Waals surface area contributed by atoms with Crippen molar-refractivity contribution in [1.82, 2.24) is 9.80 Å². The molecule has 0 unspecified atom stereocenters. The summed E-state index contributed by atoms with van der Waals surface area (Å²) in [5, 5.41) is 8.91. The van der Waals surface area contributed by atoms with Crippen molar-refractivity contribution in [3.63, 3.8) is 0 Å². The molecule has 5 nitrogen and oxygen atoms in total. The molecule has 1 amide bonds. The Morgan fingerprint density at radius 1 is 1.04 bits per heavy atom. The van der Waals surface area contributed by atoms with Crippen LogP contribution >= 0.6 is 0 Å². The summed E-state index contributed by atoms with van der Waals surface area (Å²) in [6.07, 6.45) is 0. The lowest BCUT2D eigenvalue weighted by atomic mass is 10.0. The van der Waals surface area contributed by atoms with Gasteiger partial charge >= 0.3 is 0 Å². The van der Waals surface area contributed by atoms with E-state index in [-0.39, 0.29) is 11.7 Å². The maximum Gasteiger partial charge on any atom is 0.244 e. The summed E-state index contributed by atoms with van der Waals surface area (Å²) in [6, 6.07) is 15.3. The normalized spacial score (nSPS) is 15.5. The smallest absolute Gasteiger partial charge is 0.244 e.